The Kier molecular flexibility index (Phi) is 3.81. The minimum Gasteiger partial charge on any atom is -0.290 e. The quantitative estimate of drug-likeness (QED) is 0.472. The predicted octanol–water partition coefficient (Wildman–Crippen LogP) is 3.29. The molecule has 0 heterocycles. The SMILES string of the molecule is ONC=Nc1c(Cl)cc(Cl)cc1Cl. The van der Waals surface area contributed by atoms with E-state index in [4.69, 9.17) is 40.0 Å². The monoisotopic (exact) mass is 238 g/mol. The van der Waals surface area contributed by atoms with Crippen molar-refractivity contribution in [3.63, 3.8) is 0 Å². The number of hydrogen-bond acceptors (Lipinski definition) is 2. The second-order valence-electron chi connectivity index (χ2n) is 2.11. The molecule has 0 fully saturated rings. The van der Waals surface area contributed by atoms with Gasteiger partial charge in [0.1, 0.15) is 12.0 Å². The maximum atomic E-state index is 8.25. The van der Waals surface area contributed by atoms with Gasteiger partial charge in [-0.25, -0.2) is 4.99 Å². The van der Waals surface area contributed by atoms with Crippen molar-refractivity contribution in [2.75, 3.05) is 0 Å². The van der Waals surface area contributed by atoms with Crippen LogP contribution in [0, 0.1) is 0 Å². The third-order valence-corrected chi connectivity index (χ3v) is 2.03. The molecular weight excluding hydrogens is 234 g/mol. The van der Waals surface area contributed by atoms with Crippen molar-refractivity contribution < 1.29 is 5.21 Å². The highest BCUT2D eigenvalue weighted by atomic mass is 35.5. The summed E-state index contributed by atoms with van der Waals surface area (Å²) in [5.74, 6) is 0. The number of rotatable bonds is 2. The van der Waals surface area contributed by atoms with Gasteiger partial charge >= 0.3 is 0 Å². The van der Waals surface area contributed by atoms with Gasteiger partial charge in [-0.1, -0.05) is 34.8 Å². The molecule has 0 aliphatic carbocycles. The van der Waals surface area contributed by atoms with E-state index in [0.29, 0.717) is 20.8 Å². The fraction of sp³-hybridized carbons (Fsp3) is 0. The predicted molar refractivity (Wildman–Crippen MR) is 54.5 cm³/mol. The van der Waals surface area contributed by atoms with E-state index in [-0.39, 0.29) is 0 Å². The average Bonchev–Trinajstić information content (AvgIpc) is 2.02. The second-order valence-corrected chi connectivity index (χ2v) is 3.36. The lowest BCUT2D eigenvalue weighted by Crippen LogP contribution is -2.00. The minimum atomic E-state index is 0.323. The van der Waals surface area contributed by atoms with Gasteiger partial charge in [0.2, 0.25) is 0 Å². The summed E-state index contributed by atoms with van der Waals surface area (Å²) in [5, 5.41) is 9.33. The highest BCUT2D eigenvalue weighted by Crippen LogP contribution is 2.35. The molecular formula is C7H5Cl3N2O. The Bertz CT molecular complexity index is 318. The molecule has 0 bridgehead atoms. The van der Waals surface area contributed by atoms with Gasteiger partial charge in [0, 0.05) is 5.02 Å². The first-order valence-electron chi connectivity index (χ1n) is 3.22. The van der Waals surface area contributed by atoms with Crippen LogP contribution in [0.5, 0.6) is 0 Å². The number of aliphatic imine (C=N–C) groups is 1. The van der Waals surface area contributed by atoms with E-state index in [1.165, 1.54) is 12.1 Å². The molecule has 1 aromatic rings. The minimum absolute atomic E-state index is 0.323. The van der Waals surface area contributed by atoms with Crippen LogP contribution >= 0.6 is 34.8 Å². The maximum absolute atomic E-state index is 8.25. The number of nitrogens with zero attached hydrogens (tertiary/aromatic N) is 1. The molecule has 6 heteroatoms. The molecule has 0 saturated carbocycles. The standard InChI is InChI=1S/C7H5Cl3N2O/c8-4-1-5(9)7(6(10)2-4)11-3-12-13/h1-3,13H,(H,11,12). The van der Waals surface area contributed by atoms with Crippen LogP contribution in [0.15, 0.2) is 17.1 Å². The van der Waals surface area contributed by atoms with Gasteiger partial charge in [0.25, 0.3) is 0 Å². The first-order chi connectivity index (χ1) is 6.15. The molecule has 0 aromatic heterocycles. The van der Waals surface area contributed by atoms with Crippen molar-refractivity contribution in [2.24, 2.45) is 4.99 Å². The van der Waals surface area contributed by atoms with Gasteiger partial charge in [-0.15, -0.1) is 0 Å². The molecule has 0 spiro atoms. The van der Waals surface area contributed by atoms with E-state index >= 15 is 0 Å². The fourth-order valence-electron chi connectivity index (χ4n) is 0.751. The second kappa shape index (κ2) is 4.67. The van der Waals surface area contributed by atoms with Gasteiger partial charge in [-0.05, 0) is 12.1 Å². The molecule has 0 amide bonds. The van der Waals surface area contributed by atoms with Crippen LogP contribution in [0.3, 0.4) is 0 Å². The summed E-state index contributed by atoms with van der Waals surface area (Å²) in [7, 11) is 0. The van der Waals surface area contributed by atoms with Crippen LogP contribution in [0.4, 0.5) is 5.69 Å². The first kappa shape index (κ1) is 10.6. The molecule has 3 nitrogen and oxygen atoms in total. The number of benzene rings is 1. The number of hydroxylamine groups is 1. The summed E-state index contributed by atoms with van der Waals surface area (Å²) in [6.07, 6.45) is 1.06. The smallest absolute Gasteiger partial charge is 0.113 e. The molecule has 0 radical (unpaired) electrons. The summed E-state index contributed by atoms with van der Waals surface area (Å²) >= 11 is 17.2. The summed E-state index contributed by atoms with van der Waals surface area (Å²) < 4.78 is 0. The summed E-state index contributed by atoms with van der Waals surface area (Å²) in [4.78, 5) is 3.76. The Morgan fingerprint density at radius 2 is 1.77 bits per heavy atom. The zero-order chi connectivity index (χ0) is 9.84. The highest BCUT2D eigenvalue weighted by Gasteiger charge is 2.05. The van der Waals surface area contributed by atoms with Gasteiger partial charge in [0.15, 0.2) is 0 Å². The Balaban J connectivity index is 3.13. The Morgan fingerprint density at radius 1 is 1.23 bits per heavy atom. The fourth-order valence-corrected chi connectivity index (χ4v) is 1.67. The van der Waals surface area contributed by atoms with Crippen molar-refractivity contribution in [3.8, 4) is 0 Å². The van der Waals surface area contributed by atoms with E-state index in [1.54, 1.807) is 5.48 Å². The van der Waals surface area contributed by atoms with E-state index in [9.17, 15) is 0 Å². The van der Waals surface area contributed by atoms with Crippen molar-refractivity contribution in [1.29, 1.82) is 0 Å². The van der Waals surface area contributed by atoms with Crippen LogP contribution in [-0.4, -0.2) is 11.5 Å². The summed E-state index contributed by atoms with van der Waals surface area (Å²) in [5.41, 5.74) is 2.10. The lowest BCUT2D eigenvalue weighted by molar-refractivity contribution is 0.240. The van der Waals surface area contributed by atoms with Crippen molar-refractivity contribution in [3.05, 3.63) is 27.2 Å². The first-order valence-corrected chi connectivity index (χ1v) is 4.35. The van der Waals surface area contributed by atoms with E-state index < -0.39 is 0 Å². The van der Waals surface area contributed by atoms with Crippen LogP contribution in [0.1, 0.15) is 0 Å². The van der Waals surface area contributed by atoms with E-state index in [2.05, 4.69) is 4.99 Å². The number of nitrogens with one attached hydrogen (secondary N) is 1. The molecule has 1 rings (SSSR count). The van der Waals surface area contributed by atoms with Gasteiger partial charge < -0.3 is 0 Å². The Hall–Kier alpha value is -0.480. The lowest BCUT2D eigenvalue weighted by Gasteiger charge is -2.01. The van der Waals surface area contributed by atoms with Crippen LogP contribution in [-0.2, 0) is 0 Å². The van der Waals surface area contributed by atoms with Crippen LogP contribution < -0.4 is 5.48 Å². The Morgan fingerprint density at radius 3 is 2.23 bits per heavy atom. The molecule has 0 aliphatic rings. The molecule has 0 unspecified atom stereocenters. The molecule has 0 saturated heterocycles. The molecule has 2 N–H and O–H groups in total. The van der Waals surface area contributed by atoms with Crippen molar-refractivity contribution in [2.45, 2.75) is 0 Å². The van der Waals surface area contributed by atoms with Gasteiger partial charge in [-0.2, -0.15) is 0 Å². The largest absolute Gasteiger partial charge is 0.290 e. The van der Waals surface area contributed by atoms with Gasteiger partial charge in [-0.3, -0.25) is 10.7 Å². The third kappa shape index (κ3) is 2.74. The highest BCUT2D eigenvalue weighted by molar-refractivity contribution is 6.41. The topological polar surface area (TPSA) is 44.6 Å². The van der Waals surface area contributed by atoms with Crippen LogP contribution in [0.25, 0.3) is 0 Å². The summed E-state index contributed by atoms with van der Waals surface area (Å²) in [6.45, 7) is 0. The zero-order valence-corrected chi connectivity index (χ0v) is 8.53. The summed E-state index contributed by atoms with van der Waals surface area (Å²) in [6, 6.07) is 3.03. The van der Waals surface area contributed by atoms with E-state index in [0.717, 1.165) is 6.34 Å². The number of halogens is 3. The third-order valence-electron chi connectivity index (χ3n) is 1.23. The molecule has 70 valence electrons. The number of hydrogen-bond donors (Lipinski definition) is 2. The molecule has 13 heavy (non-hydrogen) atoms. The lowest BCUT2D eigenvalue weighted by atomic mass is 10.3. The molecule has 0 aliphatic heterocycles. The van der Waals surface area contributed by atoms with Crippen molar-refractivity contribution >= 4 is 46.8 Å². The molecule has 1 aromatic carbocycles. The zero-order valence-electron chi connectivity index (χ0n) is 6.26. The molecule has 0 atom stereocenters. The van der Waals surface area contributed by atoms with E-state index in [1.807, 2.05) is 0 Å². The normalized spacial score (nSPS) is 10.8. The Labute approximate surface area is 89.9 Å². The maximum Gasteiger partial charge on any atom is 0.113 e. The van der Waals surface area contributed by atoms with Crippen LogP contribution in [0.2, 0.25) is 15.1 Å². The van der Waals surface area contributed by atoms with Gasteiger partial charge in [0.05, 0.1) is 10.0 Å². The average molecular weight is 239 g/mol. The van der Waals surface area contributed by atoms with Crippen molar-refractivity contribution in [1.82, 2.24) is 5.48 Å².